The molecule has 5 nitrogen and oxygen atoms in total. The first kappa shape index (κ1) is 20.8. The maximum Gasteiger partial charge on any atom is 0.272 e. The Morgan fingerprint density at radius 3 is 2.77 bits per heavy atom. The van der Waals surface area contributed by atoms with Crippen LogP contribution in [0.3, 0.4) is 0 Å². The van der Waals surface area contributed by atoms with Crippen molar-refractivity contribution in [2.45, 2.75) is 44.1 Å². The maximum atomic E-state index is 12.2. The number of thioether (sulfide) groups is 1. The summed E-state index contributed by atoms with van der Waals surface area (Å²) < 4.78 is 6.16. The number of likely N-dealkylation sites (tertiary alicyclic amines) is 1. The van der Waals surface area contributed by atoms with E-state index in [1.54, 1.807) is 0 Å². The zero-order valence-corrected chi connectivity index (χ0v) is 16.5. The lowest BCUT2D eigenvalue weighted by Gasteiger charge is -2.30. The molecule has 144 valence electrons. The number of nitrogens with two attached hydrogens (primary N) is 2. The molecule has 0 bridgehead atoms. The molecule has 26 heavy (non-hydrogen) atoms. The first-order valence-electron chi connectivity index (χ1n) is 9.35. The highest BCUT2D eigenvalue weighted by Gasteiger charge is 2.38. The van der Waals surface area contributed by atoms with Gasteiger partial charge in [0.05, 0.1) is 0 Å². The molecule has 1 heterocycles. The highest BCUT2D eigenvalue weighted by Crippen LogP contribution is 2.33. The number of allylic oxidation sites excluding steroid dienone is 1. The van der Waals surface area contributed by atoms with Gasteiger partial charge in [-0.05, 0) is 50.6 Å². The first-order chi connectivity index (χ1) is 12.6. The van der Waals surface area contributed by atoms with Crippen molar-refractivity contribution in [1.82, 2.24) is 4.90 Å². The zero-order chi connectivity index (χ0) is 18.8. The Morgan fingerprint density at radius 2 is 2.12 bits per heavy atom. The monoisotopic (exact) mass is 377 g/mol. The summed E-state index contributed by atoms with van der Waals surface area (Å²) in [5.41, 5.74) is 12.5. The molecule has 1 fully saturated rings. The van der Waals surface area contributed by atoms with Crippen LogP contribution in [0.15, 0.2) is 36.4 Å². The van der Waals surface area contributed by atoms with E-state index < -0.39 is 10.8 Å². The molecule has 1 amide bonds. The Balaban J connectivity index is 2.15. The van der Waals surface area contributed by atoms with Crippen LogP contribution in [0.2, 0.25) is 0 Å². The average Bonchev–Trinajstić information content (AvgIpc) is 2.65. The van der Waals surface area contributed by atoms with Crippen molar-refractivity contribution in [3.05, 3.63) is 42.0 Å². The van der Waals surface area contributed by atoms with Crippen LogP contribution in [0, 0.1) is 0 Å². The second kappa shape index (κ2) is 10.6. The van der Waals surface area contributed by atoms with Crippen LogP contribution in [0.5, 0.6) is 5.75 Å². The predicted molar refractivity (Wildman–Crippen MR) is 109 cm³/mol. The van der Waals surface area contributed by atoms with Gasteiger partial charge in [0, 0.05) is 25.3 Å². The van der Waals surface area contributed by atoms with Gasteiger partial charge in [-0.25, -0.2) is 0 Å². The van der Waals surface area contributed by atoms with E-state index in [0.717, 1.165) is 19.6 Å². The van der Waals surface area contributed by atoms with E-state index in [-0.39, 0.29) is 0 Å². The maximum absolute atomic E-state index is 12.2. The molecule has 0 aliphatic carbocycles. The van der Waals surface area contributed by atoms with Crippen LogP contribution in [0.25, 0.3) is 0 Å². The Kier molecular flexibility index (Phi) is 8.48. The van der Waals surface area contributed by atoms with E-state index in [1.165, 1.54) is 36.6 Å². The van der Waals surface area contributed by atoms with Gasteiger partial charge in [-0.2, -0.15) is 0 Å². The zero-order valence-electron chi connectivity index (χ0n) is 15.7. The predicted octanol–water partition coefficient (Wildman–Crippen LogP) is 2.89. The molecule has 1 aliphatic rings. The van der Waals surface area contributed by atoms with Crippen molar-refractivity contribution >= 4 is 17.7 Å². The second-order valence-electron chi connectivity index (χ2n) is 6.61. The van der Waals surface area contributed by atoms with Gasteiger partial charge < -0.3 is 16.2 Å². The fourth-order valence-corrected chi connectivity index (χ4v) is 4.08. The molecule has 1 atom stereocenters. The number of rotatable bonds is 10. The van der Waals surface area contributed by atoms with Gasteiger partial charge in [-0.3, -0.25) is 9.69 Å². The molecule has 1 aromatic rings. The van der Waals surface area contributed by atoms with Crippen LogP contribution >= 0.6 is 11.8 Å². The molecule has 6 heteroatoms. The van der Waals surface area contributed by atoms with Crippen molar-refractivity contribution in [3.8, 4) is 5.75 Å². The standard InChI is InChI=1S/C20H31N3O2S/c1-2-3-10-20(19(22)24,26-14-11-21)25-18-9-7-8-17(15-18)16-23-12-5-4-6-13-23/h2-3,7-9,15H,4-6,10-14,16,21H2,1H3,(H2,22,24). The summed E-state index contributed by atoms with van der Waals surface area (Å²) in [5, 5.41) is 0. The molecule has 1 saturated heterocycles. The van der Waals surface area contributed by atoms with Crippen LogP contribution < -0.4 is 16.2 Å². The van der Waals surface area contributed by atoms with E-state index in [9.17, 15) is 4.79 Å². The lowest BCUT2D eigenvalue weighted by molar-refractivity contribution is -0.126. The smallest absolute Gasteiger partial charge is 0.272 e. The Morgan fingerprint density at radius 1 is 1.35 bits per heavy atom. The summed E-state index contributed by atoms with van der Waals surface area (Å²) in [5.74, 6) is 0.802. The average molecular weight is 378 g/mol. The van der Waals surface area contributed by atoms with Gasteiger partial charge in [0.25, 0.3) is 5.91 Å². The lowest BCUT2D eigenvalue weighted by atomic mass is 10.1. The number of carbonyl (C=O) groups is 1. The number of hydrogen-bond acceptors (Lipinski definition) is 5. The fourth-order valence-electron chi connectivity index (χ4n) is 3.12. The Labute approximate surface area is 161 Å². The van der Waals surface area contributed by atoms with Crippen LogP contribution in [0.1, 0.15) is 38.2 Å². The summed E-state index contributed by atoms with van der Waals surface area (Å²) in [4.78, 5) is 13.6. The summed E-state index contributed by atoms with van der Waals surface area (Å²) in [6.07, 6.45) is 8.08. The molecule has 1 aromatic carbocycles. The summed E-state index contributed by atoms with van der Waals surface area (Å²) in [6.45, 7) is 5.58. The molecule has 2 rings (SSSR count). The largest absolute Gasteiger partial charge is 0.467 e. The van der Waals surface area contributed by atoms with Gasteiger partial charge in [0.2, 0.25) is 4.93 Å². The minimum Gasteiger partial charge on any atom is -0.467 e. The SMILES string of the molecule is CC=CCC(Oc1cccc(CN2CCCCC2)c1)(SCCN)C(N)=O. The highest BCUT2D eigenvalue weighted by molar-refractivity contribution is 8.01. The molecular weight excluding hydrogens is 346 g/mol. The Bertz CT molecular complexity index is 602. The number of hydrogen-bond donors (Lipinski definition) is 2. The van der Waals surface area contributed by atoms with Crippen molar-refractivity contribution in [2.75, 3.05) is 25.4 Å². The van der Waals surface area contributed by atoms with E-state index in [2.05, 4.69) is 11.0 Å². The number of primary amides is 1. The third-order valence-electron chi connectivity index (χ3n) is 4.49. The highest BCUT2D eigenvalue weighted by atomic mass is 32.2. The quantitative estimate of drug-likeness (QED) is 0.484. The number of carbonyl (C=O) groups excluding carboxylic acids is 1. The first-order valence-corrected chi connectivity index (χ1v) is 10.3. The van der Waals surface area contributed by atoms with E-state index in [1.807, 2.05) is 37.3 Å². The number of ether oxygens (including phenoxy) is 1. The molecule has 4 N–H and O–H groups in total. The third-order valence-corrected chi connectivity index (χ3v) is 5.84. The summed E-state index contributed by atoms with van der Waals surface area (Å²) >= 11 is 1.37. The lowest BCUT2D eigenvalue weighted by Crippen LogP contribution is -2.46. The van der Waals surface area contributed by atoms with Crippen molar-refractivity contribution in [2.24, 2.45) is 11.5 Å². The van der Waals surface area contributed by atoms with E-state index in [4.69, 9.17) is 16.2 Å². The number of nitrogens with zero attached hydrogens (tertiary/aromatic N) is 1. The van der Waals surface area contributed by atoms with Gasteiger partial charge in [0.15, 0.2) is 0 Å². The van der Waals surface area contributed by atoms with Gasteiger partial charge in [0.1, 0.15) is 5.75 Å². The number of amides is 1. The minimum atomic E-state index is -1.13. The van der Waals surface area contributed by atoms with Gasteiger partial charge in [-0.15, -0.1) is 11.8 Å². The van der Waals surface area contributed by atoms with Crippen LogP contribution in [0.4, 0.5) is 0 Å². The fraction of sp³-hybridized carbons (Fsp3) is 0.550. The molecule has 1 aliphatic heterocycles. The van der Waals surface area contributed by atoms with Crippen molar-refractivity contribution in [1.29, 1.82) is 0 Å². The molecule has 0 radical (unpaired) electrons. The van der Waals surface area contributed by atoms with Crippen LogP contribution in [-0.4, -0.2) is 41.1 Å². The molecule has 0 spiro atoms. The van der Waals surface area contributed by atoms with Crippen LogP contribution in [-0.2, 0) is 11.3 Å². The summed E-state index contributed by atoms with van der Waals surface area (Å²) in [6, 6.07) is 7.98. The summed E-state index contributed by atoms with van der Waals surface area (Å²) in [7, 11) is 0. The topological polar surface area (TPSA) is 81.6 Å². The van der Waals surface area contributed by atoms with E-state index >= 15 is 0 Å². The van der Waals surface area contributed by atoms with Gasteiger partial charge >= 0.3 is 0 Å². The molecular formula is C20H31N3O2S. The van der Waals surface area contributed by atoms with Crippen molar-refractivity contribution < 1.29 is 9.53 Å². The number of benzene rings is 1. The number of piperidine rings is 1. The minimum absolute atomic E-state index is 0.417. The normalized spacial score (nSPS) is 17.9. The third kappa shape index (κ3) is 6.04. The Hall–Kier alpha value is -1.50. The van der Waals surface area contributed by atoms with E-state index in [0.29, 0.717) is 24.5 Å². The molecule has 0 saturated carbocycles. The van der Waals surface area contributed by atoms with Gasteiger partial charge in [-0.1, -0.05) is 30.7 Å². The second-order valence-corrected chi connectivity index (χ2v) is 7.97. The molecule has 0 aromatic heterocycles. The molecule has 1 unspecified atom stereocenters. The van der Waals surface area contributed by atoms with Crippen molar-refractivity contribution in [3.63, 3.8) is 0 Å².